The molecule has 0 spiro atoms. The zero-order chi connectivity index (χ0) is 15.3. The number of carboxylic acid groups (broad SMARTS) is 1. The number of carbonyl (C=O) groups excluding carboxylic acids is 1. The van der Waals surface area contributed by atoms with Crippen LogP contribution in [-0.4, -0.2) is 23.7 Å². The van der Waals surface area contributed by atoms with Crippen molar-refractivity contribution in [1.29, 1.82) is 0 Å². The Bertz CT molecular complexity index is 508. The molecule has 5 nitrogen and oxygen atoms in total. The average Bonchev–Trinajstić information content (AvgIpc) is 2.33. The lowest BCUT2D eigenvalue weighted by Crippen LogP contribution is -2.37. The first-order chi connectivity index (χ1) is 9.31. The van der Waals surface area contributed by atoms with E-state index in [1.54, 1.807) is 32.0 Å². The molecule has 0 aromatic heterocycles. The van der Waals surface area contributed by atoms with E-state index < -0.39 is 17.9 Å². The highest BCUT2D eigenvalue weighted by Gasteiger charge is 2.21. The lowest BCUT2D eigenvalue weighted by Gasteiger charge is -2.17. The van der Waals surface area contributed by atoms with E-state index >= 15 is 0 Å². The van der Waals surface area contributed by atoms with Crippen LogP contribution < -0.4 is 10.6 Å². The van der Waals surface area contributed by atoms with Gasteiger partial charge >= 0.3 is 12.0 Å². The number of benzene rings is 1. The topological polar surface area (TPSA) is 78.4 Å². The van der Waals surface area contributed by atoms with Gasteiger partial charge in [0.25, 0.3) is 0 Å². The smallest absolute Gasteiger partial charge is 0.319 e. The standard InChI is InChI=1S/C13H16BrClN2O3/c1-7(2)9(12(18)19)6-16-13(20)17-8-3-4-10(14)11(15)5-8/h3-5,7,9H,6H2,1-2H3,(H,18,19)(H2,16,17,20). The molecule has 0 aliphatic rings. The van der Waals surface area contributed by atoms with E-state index in [4.69, 9.17) is 16.7 Å². The van der Waals surface area contributed by atoms with E-state index in [-0.39, 0.29) is 12.5 Å². The summed E-state index contributed by atoms with van der Waals surface area (Å²) in [5.41, 5.74) is 0.534. The second-order valence-electron chi connectivity index (χ2n) is 4.65. The summed E-state index contributed by atoms with van der Waals surface area (Å²) < 4.78 is 0.732. The maximum atomic E-state index is 11.7. The molecule has 1 aromatic rings. The summed E-state index contributed by atoms with van der Waals surface area (Å²) >= 11 is 9.16. The van der Waals surface area contributed by atoms with Crippen LogP contribution in [0.5, 0.6) is 0 Å². The lowest BCUT2D eigenvalue weighted by molar-refractivity contribution is -0.142. The Kier molecular flexibility index (Phi) is 6.29. The van der Waals surface area contributed by atoms with Gasteiger partial charge in [0.2, 0.25) is 0 Å². The van der Waals surface area contributed by atoms with Gasteiger partial charge in [0.05, 0.1) is 10.9 Å². The highest BCUT2D eigenvalue weighted by Crippen LogP contribution is 2.25. The quantitative estimate of drug-likeness (QED) is 0.748. The van der Waals surface area contributed by atoms with Crippen molar-refractivity contribution in [3.63, 3.8) is 0 Å². The third-order valence-corrected chi connectivity index (χ3v) is 4.01. The van der Waals surface area contributed by atoms with E-state index in [1.165, 1.54) is 0 Å². The first kappa shape index (κ1) is 16.8. The third kappa shape index (κ3) is 5.02. The van der Waals surface area contributed by atoms with E-state index in [9.17, 15) is 9.59 Å². The van der Waals surface area contributed by atoms with E-state index in [1.807, 2.05) is 0 Å². The SMILES string of the molecule is CC(C)C(CNC(=O)Nc1ccc(Br)c(Cl)c1)C(=O)O. The fourth-order valence-electron chi connectivity index (χ4n) is 1.56. The zero-order valence-electron chi connectivity index (χ0n) is 11.1. The van der Waals surface area contributed by atoms with Gasteiger partial charge in [-0.05, 0) is 40.0 Å². The molecule has 2 amide bonds. The van der Waals surface area contributed by atoms with Crippen LogP contribution in [0.3, 0.4) is 0 Å². The van der Waals surface area contributed by atoms with Crippen molar-refractivity contribution in [1.82, 2.24) is 5.32 Å². The molecule has 0 saturated heterocycles. The number of anilines is 1. The molecule has 3 N–H and O–H groups in total. The first-order valence-corrected chi connectivity index (χ1v) is 7.21. The Balaban J connectivity index is 2.55. The number of urea groups is 1. The molecule has 1 aromatic carbocycles. The molecule has 0 fully saturated rings. The van der Waals surface area contributed by atoms with Gasteiger partial charge in [-0.15, -0.1) is 0 Å². The summed E-state index contributed by atoms with van der Waals surface area (Å²) in [7, 11) is 0. The van der Waals surface area contributed by atoms with Gasteiger partial charge in [-0.2, -0.15) is 0 Å². The predicted molar refractivity (Wildman–Crippen MR) is 82.1 cm³/mol. The minimum Gasteiger partial charge on any atom is -0.481 e. The summed E-state index contributed by atoms with van der Waals surface area (Å²) in [5.74, 6) is -1.60. The molecule has 20 heavy (non-hydrogen) atoms. The van der Waals surface area contributed by atoms with E-state index in [0.717, 1.165) is 4.47 Å². The Morgan fingerprint density at radius 2 is 2.05 bits per heavy atom. The molecular weight excluding hydrogens is 348 g/mol. The Hall–Kier alpha value is -1.27. The van der Waals surface area contributed by atoms with E-state index in [0.29, 0.717) is 10.7 Å². The van der Waals surface area contributed by atoms with Gasteiger partial charge in [-0.25, -0.2) is 4.79 Å². The average molecular weight is 364 g/mol. The van der Waals surface area contributed by atoms with Crippen LogP contribution in [0.2, 0.25) is 5.02 Å². The molecule has 0 bridgehead atoms. The molecule has 0 radical (unpaired) electrons. The number of carboxylic acids is 1. The summed E-state index contributed by atoms with van der Waals surface area (Å²) in [6.45, 7) is 3.67. The molecule has 1 atom stereocenters. The lowest BCUT2D eigenvalue weighted by atomic mass is 9.96. The van der Waals surface area contributed by atoms with Crippen molar-refractivity contribution in [2.45, 2.75) is 13.8 Å². The maximum absolute atomic E-state index is 11.7. The molecule has 0 aliphatic carbocycles. The number of aliphatic carboxylic acids is 1. The second kappa shape index (κ2) is 7.50. The highest BCUT2D eigenvalue weighted by molar-refractivity contribution is 9.10. The zero-order valence-corrected chi connectivity index (χ0v) is 13.5. The molecule has 1 unspecified atom stereocenters. The first-order valence-electron chi connectivity index (χ1n) is 6.04. The molecule has 0 aliphatic heterocycles. The van der Waals surface area contributed by atoms with Crippen LogP contribution >= 0.6 is 27.5 Å². The van der Waals surface area contributed by atoms with Crippen LogP contribution in [0.15, 0.2) is 22.7 Å². The Labute approximate surface area is 130 Å². The largest absolute Gasteiger partial charge is 0.481 e. The van der Waals surface area contributed by atoms with Gasteiger partial charge in [-0.3, -0.25) is 4.79 Å². The van der Waals surface area contributed by atoms with Crippen molar-refractivity contribution in [3.05, 3.63) is 27.7 Å². The number of nitrogens with one attached hydrogen (secondary N) is 2. The number of rotatable bonds is 5. The highest BCUT2D eigenvalue weighted by atomic mass is 79.9. The van der Waals surface area contributed by atoms with Crippen molar-refractivity contribution in [2.24, 2.45) is 11.8 Å². The van der Waals surface area contributed by atoms with Crippen LogP contribution in [0, 0.1) is 11.8 Å². The predicted octanol–water partition coefficient (Wildman–Crippen LogP) is 3.58. The number of hydrogen-bond acceptors (Lipinski definition) is 2. The van der Waals surface area contributed by atoms with Crippen molar-refractivity contribution >= 4 is 45.2 Å². The normalized spacial score (nSPS) is 12.1. The van der Waals surface area contributed by atoms with Crippen LogP contribution in [0.4, 0.5) is 10.5 Å². The number of halogens is 2. The van der Waals surface area contributed by atoms with Crippen molar-refractivity contribution in [2.75, 3.05) is 11.9 Å². The minimum absolute atomic E-state index is 0.0603. The Morgan fingerprint density at radius 1 is 1.40 bits per heavy atom. The van der Waals surface area contributed by atoms with Gasteiger partial charge < -0.3 is 15.7 Å². The van der Waals surface area contributed by atoms with Crippen molar-refractivity contribution < 1.29 is 14.7 Å². The molecule has 110 valence electrons. The molecule has 7 heteroatoms. The summed E-state index contributed by atoms with van der Waals surface area (Å²) in [4.78, 5) is 22.7. The molecule has 0 saturated carbocycles. The van der Waals surface area contributed by atoms with E-state index in [2.05, 4.69) is 26.6 Å². The monoisotopic (exact) mass is 362 g/mol. The fourth-order valence-corrected chi connectivity index (χ4v) is 1.99. The Morgan fingerprint density at radius 3 is 2.55 bits per heavy atom. The van der Waals surface area contributed by atoms with Crippen LogP contribution in [0.25, 0.3) is 0 Å². The third-order valence-electron chi connectivity index (χ3n) is 2.78. The van der Waals surface area contributed by atoms with Gasteiger partial charge in [-0.1, -0.05) is 25.4 Å². The summed E-state index contributed by atoms with van der Waals surface area (Å²) in [5, 5.41) is 14.6. The van der Waals surface area contributed by atoms with Gasteiger partial charge in [0.15, 0.2) is 0 Å². The number of amides is 2. The minimum atomic E-state index is -0.924. The fraction of sp³-hybridized carbons (Fsp3) is 0.385. The molecule has 0 heterocycles. The van der Waals surface area contributed by atoms with Crippen molar-refractivity contribution in [3.8, 4) is 0 Å². The van der Waals surface area contributed by atoms with Gasteiger partial charge in [0, 0.05) is 16.7 Å². The molecular formula is C13H16BrClN2O3. The molecule has 1 rings (SSSR count). The summed E-state index contributed by atoms with van der Waals surface area (Å²) in [6, 6.07) is 4.54. The van der Waals surface area contributed by atoms with Gasteiger partial charge in [0.1, 0.15) is 0 Å². The maximum Gasteiger partial charge on any atom is 0.319 e. The summed E-state index contributed by atoms with van der Waals surface area (Å²) in [6.07, 6.45) is 0. The second-order valence-corrected chi connectivity index (χ2v) is 5.91. The van der Waals surface area contributed by atoms with Crippen LogP contribution in [-0.2, 0) is 4.79 Å². The number of hydrogen-bond donors (Lipinski definition) is 3. The number of carbonyl (C=O) groups is 2. The van der Waals surface area contributed by atoms with Crippen LogP contribution in [0.1, 0.15) is 13.8 Å².